The lowest BCUT2D eigenvalue weighted by molar-refractivity contribution is -0.117. The molecule has 1 saturated carbocycles. The molecule has 2 nitrogen and oxygen atoms in total. The van der Waals surface area contributed by atoms with Crippen LogP contribution in [0.4, 0.5) is 0 Å². The van der Waals surface area contributed by atoms with Gasteiger partial charge in [-0.25, -0.2) is 0 Å². The number of carbonyl (C=O) groups excluding carboxylic acids is 1. The van der Waals surface area contributed by atoms with Gasteiger partial charge in [0.15, 0.2) is 0 Å². The third-order valence-corrected chi connectivity index (χ3v) is 4.64. The highest BCUT2D eigenvalue weighted by molar-refractivity contribution is 6.30. The molecule has 0 aliphatic heterocycles. The molecule has 1 aliphatic carbocycles. The van der Waals surface area contributed by atoms with Crippen LogP contribution in [-0.4, -0.2) is 24.8 Å². The van der Waals surface area contributed by atoms with Gasteiger partial charge in [-0.05, 0) is 44.5 Å². The molecule has 0 saturated heterocycles. The third-order valence-electron chi connectivity index (χ3n) is 4.41. The quantitative estimate of drug-likeness (QED) is 0.757. The lowest BCUT2D eigenvalue weighted by Gasteiger charge is -2.32. The standard InChI is InChI=1S/C16H22ClNO/c1-13(14-6-5-7-15(17)10-14)18(2)11-16(12-19)8-3-4-9-16/h5-7,10,12-13H,3-4,8-9,11H2,1-2H3. The first kappa shape index (κ1) is 14.5. The summed E-state index contributed by atoms with van der Waals surface area (Å²) in [6, 6.07) is 8.24. The number of rotatable bonds is 5. The number of benzene rings is 1. The van der Waals surface area contributed by atoms with E-state index in [4.69, 9.17) is 11.6 Å². The lowest BCUT2D eigenvalue weighted by atomic mass is 9.87. The van der Waals surface area contributed by atoms with Crippen LogP contribution in [0, 0.1) is 5.41 Å². The van der Waals surface area contributed by atoms with E-state index in [-0.39, 0.29) is 11.5 Å². The van der Waals surface area contributed by atoms with Crippen LogP contribution in [0.1, 0.15) is 44.2 Å². The Balaban J connectivity index is 2.06. The molecule has 0 radical (unpaired) electrons. The van der Waals surface area contributed by atoms with E-state index in [0.717, 1.165) is 24.4 Å². The summed E-state index contributed by atoms with van der Waals surface area (Å²) in [7, 11) is 2.09. The Morgan fingerprint density at radius 3 is 2.68 bits per heavy atom. The third kappa shape index (κ3) is 3.37. The highest BCUT2D eigenvalue weighted by Crippen LogP contribution is 2.38. The Bertz CT molecular complexity index is 440. The van der Waals surface area contributed by atoms with E-state index in [2.05, 4.69) is 24.9 Å². The zero-order valence-electron chi connectivity index (χ0n) is 11.7. The highest BCUT2D eigenvalue weighted by atomic mass is 35.5. The molecule has 2 rings (SSSR count). The maximum Gasteiger partial charge on any atom is 0.127 e. The van der Waals surface area contributed by atoms with E-state index < -0.39 is 0 Å². The summed E-state index contributed by atoms with van der Waals surface area (Å²) in [6.07, 6.45) is 5.60. The molecule has 0 amide bonds. The highest BCUT2D eigenvalue weighted by Gasteiger charge is 2.35. The summed E-state index contributed by atoms with van der Waals surface area (Å²) in [4.78, 5) is 13.7. The van der Waals surface area contributed by atoms with Crippen molar-refractivity contribution in [3.63, 3.8) is 0 Å². The van der Waals surface area contributed by atoms with Gasteiger partial charge >= 0.3 is 0 Å². The maximum absolute atomic E-state index is 11.4. The minimum Gasteiger partial charge on any atom is -0.303 e. The fraction of sp³-hybridized carbons (Fsp3) is 0.562. The Morgan fingerprint density at radius 1 is 1.42 bits per heavy atom. The Hall–Kier alpha value is -0.860. The summed E-state index contributed by atoms with van der Waals surface area (Å²) in [5.74, 6) is 0. The summed E-state index contributed by atoms with van der Waals surface area (Å²) in [6.45, 7) is 3.00. The van der Waals surface area contributed by atoms with Gasteiger partial charge in [-0.2, -0.15) is 0 Å². The first-order valence-electron chi connectivity index (χ1n) is 6.98. The molecule has 1 aliphatic rings. The van der Waals surface area contributed by atoms with Gasteiger partial charge in [0.05, 0.1) is 0 Å². The van der Waals surface area contributed by atoms with Crippen molar-refractivity contribution in [1.29, 1.82) is 0 Å². The topological polar surface area (TPSA) is 20.3 Å². The predicted molar refractivity (Wildman–Crippen MR) is 79.5 cm³/mol. The summed E-state index contributed by atoms with van der Waals surface area (Å²) in [5, 5.41) is 0.767. The molecule has 0 N–H and O–H groups in total. The molecule has 0 bridgehead atoms. The summed E-state index contributed by atoms with van der Waals surface area (Å²) in [5.41, 5.74) is 1.08. The van der Waals surface area contributed by atoms with E-state index in [0.29, 0.717) is 0 Å². The van der Waals surface area contributed by atoms with Gasteiger partial charge in [-0.1, -0.05) is 36.6 Å². The maximum atomic E-state index is 11.4. The van der Waals surface area contributed by atoms with E-state index in [1.165, 1.54) is 24.7 Å². The van der Waals surface area contributed by atoms with Gasteiger partial charge < -0.3 is 4.79 Å². The predicted octanol–water partition coefficient (Wildman–Crippen LogP) is 4.09. The smallest absolute Gasteiger partial charge is 0.127 e. The van der Waals surface area contributed by atoms with E-state index >= 15 is 0 Å². The van der Waals surface area contributed by atoms with Crippen molar-refractivity contribution in [2.24, 2.45) is 5.41 Å². The van der Waals surface area contributed by atoms with E-state index in [1.807, 2.05) is 18.2 Å². The van der Waals surface area contributed by atoms with E-state index in [1.54, 1.807) is 0 Å². The zero-order chi connectivity index (χ0) is 13.9. The van der Waals surface area contributed by atoms with Crippen molar-refractivity contribution in [2.45, 2.75) is 38.6 Å². The summed E-state index contributed by atoms with van der Waals surface area (Å²) < 4.78 is 0. The van der Waals surface area contributed by atoms with Crippen molar-refractivity contribution < 1.29 is 4.79 Å². The van der Waals surface area contributed by atoms with Gasteiger partial charge in [0.2, 0.25) is 0 Å². The molecule has 1 aromatic rings. The Labute approximate surface area is 120 Å². The van der Waals surface area contributed by atoms with Crippen LogP contribution in [-0.2, 0) is 4.79 Å². The number of halogens is 1. The van der Waals surface area contributed by atoms with Gasteiger partial charge in [0, 0.05) is 23.0 Å². The zero-order valence-corrected chi connectivity index (χ0v) is 12.5. The van der Waals surface area contributed by atoms with Crippen molar-refractivity contribution in [2.75, 3.05) is 13.6 Å². The molecule has 1 unspecified atom stereocenters. The molecule has 104 valence electrons. The second-order valence-corrected chi connectivity index (χ2v) is 6.27. The molecule has 1 fully saturated rings. The number of nitrogens with zero attached hydrogens (tertiary/aromatic N) is 1. The fourth-order valence-corrected chi connectivity index (χ4v) is 3.25. The first-order valence-corrected chi connectivity index (χ1v) is 7.36. The molecule has 1 aromatic carbocycles. The average molecular weight is 280 g/mol. The Morgan fingerprint density at radius 2 is 2.11 bits per heavy atom. The van der Waals surface area contributed by atoms with Crippen LogP contribution in [0.2, 0.25) is 5.02 Å². The van der Waals surface area contributed by atoms with Gasteiger partial charge in [-0.15, -0.1) is 0 Å². The molecular formula is C16H22ClNO. The molecule has 3 heteroatoms. The second kappa shape index (κ2) is 6.06. The van der Waals surface area contributed by atoms with Crippen molar-refractivity contribution in [3.8, 4) is 0 Å². The Kier molecular flexibility index (Phi) is 4.64. The monoisotopic (exact) mass is 279 g/mol. The number of carbonyl (C=O) groups is 1. The molecule has 0 spiro atoms. The number of hydrogen-bond acceptors (Lipinski definition) is 2. The summed E-state index contributed by atoms with van der Waals surface area (Å²) >= 11 is 6.04. The minimum atomic E-state index is -0.123. The van der Waals surface area contributed by atoms with Crippen molar-refractivity contribution in [3.05, 3.63) is 34.9 Å². The molecule has 19 heavy (non-hydrogen) atoms. The molecule has 0 aromatic heterocycles. The number of hydrogen-bond donors (Lipinski definition) is 0. The number of aldehydes is 1. The second-order valence-electron chi connectivity index (χ2n) is 5.83. The van der Waals surface area contributed by atoms with Crippen molar-refractivity contribution >= 4 is 17.9 Å². The van der Waals surface area contributed by atoms with Gasteiger partial charge in [0.1, 0.15) is 6.29 Å². The van der Waals surface area contributed by atoms with E-state index in [9.17, 15) is 4.79 Å². The lowest BCUT2D eigenvalue weighted by Crippen LogP contribution is -2.36. The van der Waals surface area contributed by atoms with Crippen LogP contribution in [0.5, 0.6) is 0 Å². The SMILES string of the molecule is CC(c1cccc(Cl)c1)N(C)CC1(C=O)CCCC1. The van der Waals surface area contributed by atoms with Gasteiger partial charge in [0.25, 0.3) is 0 Å². The fourth-order valence-electron chi connectivity index (χ4n) is 3.05. The van der Waals surface area contributed by atoms with Crippen LogP contribution in [0.15, 0.2) is 24.3 Å². The minimum absolute atomic E-state index is 0.123. The largest absolute Gasteiger partial charge is 0.303 e. The molecule has 0 heterocycles. The average Bonchev–Trinajstić information content (AvgIpc) is 2.87. The van der Waals surface area contributed by atoms with Crippen LogP contribution >= 0.6 is 11.6 Å². The molecule has 1 atom stereocenters. The van der Waals surface area contributed by atoms with Crippen LogP contribution in [0.3, 0.4) is 0 Å². The van der Waals surface area contributed by atoms with Crippen LogP contribution in [0.25, 0.3) is 0 Å². The first-order chi connectivity index (χ1) is 9.06. The van der Waals surface area contributed by atoms with Crippen molar-refractivity contribution in [1.82, 2.24) is 4.90 Å². The van der Waals surface area contributed by atoms with Gasteiger partial charge in [-0.3, -0.25) is 4.90 Å². The van der Waals surface area contributed by atoms with Crippen LogP contribution < -0.4 is 0 Å². The molecular weight excluding hydrogens is 258 g/mol. The normalized spacial score (nSPS) is 19.6.